The van der Waals surface area contributed by atoms with Crippen LogP contribution in [0.3, 0.4) is 0 Å². The van der Waals surface area contributed by atoms with Gasteiger partial charge in [-0.25, -0.2) is 13.4 Å². The van der Waals surface area contributed by atoms with Gasteiger partial charge in [-0.05, 0) is 44.5 Å². The fourth-order valence-electron chi connectivity index (χ4n) is 4.83. The number of non-ortho nitro benzene ring substituents is 1. The quantitative estimate of drug-likeness (QED) is 0.362. The normalized spacial score (nSPS) is 18.5. The van der Waals surface area contributed by atoms with Gasteiger partial charge in [0.2, 0.25) is 10.0 Å². The number of nitro groups is 1. The maximum atomic E-state index is 13.3. The van der Waals surface area contributed by atoms with E-state index >= 15 is 0 Å². The topological polar surface area (TPSA) is 119 Å². The van der Waals surface area contributed by atoms with E-state index in [4.69, 9.17) is 4.98 Å². The molecule has 0 amide bonds. The number of aromatic nitrogens is 2. The number of hydrogen-bond acceptors (Lipinski definition) is 7. The Labute approximate surface area is 204 Å². The molecule has 0 saturated carbocycles. The van der Waals surface area contributed by atoms with Crippen LogP contribution in [0.1, 0.15) is 39.1 Å². The molecule has 1 aromatic heterocycles. The molecule has 1 aliphatic heterocycles. The molecule has 4 rings (SSSR count). The highest BCUT2D eigenvalue weighted by Gasteiger charge is 2.37. The second-order valence-electron chi connectivity index (χ2n) is 8.67. The number of nitrogens with zero attached hydrogens (tertiary/aromatic N) is 5. The SMILES string of the molecule is CCC(c1nc2ccccc2c(=O)n1CC)N1CCN(S(=O)(=O)c2ccc([N+](=O)[O-])cc2)C(C)C1. The van der Waals surface area contributed by atoms with Crippen molar-refractivity contribution in [1.82, 2.24) is 18.8 Å². The number of rotatable bonds is 7. The van der Waals surface area contributed by atoms with Crippen molar-refractivity contribution in [2.75, 3.05) is 19.6 Å². The summed E-state index contributed by atoms with van der Waals surface area (Å²) in [7, 11) is -3.81. The highest BCUT2D eigenvalue weighted by Crippen LogP contribution is 2.29. The van der Waals surface area contributed by atoms with Crippen molar-refractivity contribution in [3.05, 3.63) is 74.8 Å². The summed E-state index contributed by atoms with van der Waals surface area (Å²) in [6, 6.07) is 11.8. The van der Waals surface area contributed by atoms with Gasteiger partial charge in [-0.15, -0.1) is 0 Å². The van der Waals surface area contributed by atoms with Crippen molar-refractivity contribution >= 4 is 26.6 Å². The van der Waals surface area contributed by atoms with Crippen molar-refractivity contribution in [1.29, 1.82) is 0 Å². The lowest BCUT2D eigenvalue weighted by molar-refractivity contribution is -0.384. The van der Waals surface area contributed by atoms with E-state index in [2.05, 4.69) is 4.90 Å². The predicted octanol–water partition coefficient (Wildman–Crippen LogP) is 3.17. The molecular formula is C24H29N5O5S. The van der Waals surface area contributed by atoms with E-state index in [1.807, 2.05) is 39.0 Å². The number of benzene rings is 2. The predicted molar refractivity (Wildman–Crippen MR) is 133 cm³/mol. The van der Waals surface area contributed by atoms with Gasteiger partial charge in [-0.2, -0.15) is 4.31 Å². The minimum atomic E-state index is -3.81. The first kappa shape index (κ1) is 25.0. The maximum absolute atomic E-state index is 13.3. The van der Waals surface area contributed by atoms with Crippen molar-refractivity contribution < 1.29 is 13.3 Å². The molecule has 186 valence electrons. The van der Waals surface area contributed by atoms with Crippen LogP contribution >= 0.6 is 0 Å². The third kappa shape index (κ3) is 4.58. The minimum absolute atomic E-state index is 0.0338. The first-order chi connectivity index (χ1) is 16.7. The highest BCUT2D eigenvalue weighted by molar-refractivity contribution is 7.89. The zero-order valence-electron chi connectivity index (χ0n) is 20.0. The van der Waals surface area contributed by atoms with Gasteiger partial charge >= 0.3 is 0 Å². The summed E-state index contributed by atoms with van der Waals surface area (Å²) in [6.45, 7) is 7.51. The molecule has 3 aromatic rings. The van der Waals surface area contributed by atoms with Crippen LogP contribution in [0, 0.1) is 10.1 Å². The maximum Gasteiger partial charge on any atom is 0.269 e. The molecular weight excluding hydrogens is 470 g/mol. The van der Waals surface area contributed by atoms with Crippen molar-refractivity contribution in [3.8, 4) is 0 Å². The summed E-state index contributed by atoms with van der Waals surface area (Å²) in [6.07, 6.45) is 0.715. The number of sulfonamides is 1. The van der Waals surface area contributed by atoms with Crippen molar-refractivity contribution in [2.24, 2.45) is 0 Å². The van der Waals surface area contributed by atoms with Gasteiger partial charge in [0.25, 0.3) is 11.2 Å². The smallest absolute Gasteiger partial charge is 0.269 e. The molecule has 10 nitrogen and oxygen atoms in total. The molecule has 0 radical (unpaired) electrons. The standard InChI is InChI=1S/C24H29N5O5S/c1-4-22(23-25-21-9-7-6-8-20(21)24(30)27(23)5-2)26-14-15-28(17(3)16-26)35(33,34)19-12-10-18(11-13-19)29(31)32/h6-13,17,22H,4-5,14-16H2,1-3H3. The lowest BCUT2D eigenvalue weighted by atomic mass is 10.1. The van der Waals surface area contributed by atoms with E-state index < -0.39 is 14.9 Å². The number of hydrogen-bond donors (Lipinski definition) is 0. The molecule has 0 spiro atoms. The summed E-state index contributed by atoms with van der Waals surface area (Å²) in [5.41, 5.74) is 0.430. The second-order valence-corrected chi connectivity index (χ2v) is 10.6. The second kappa shape index (κ2) is 9.84. The summed E-state index contributed by atoms with van der Waals surface area (Å²) in [5.74, 6) is 0.692. The Balaban J connectivity index is 1.61. The summed E-state index contributed by atoms with van der Waals surface area (Å²) in [5, 5.41) is 11.5. The van der Waals surface area contributed by atoms with Gasteiger partial charge in [-0.1, -0.05) is 19.1 Å². The Morgan fingerprint density at radius 3 is 2.40 bits per heavy atom. The van der Waals surface area contributed by atoms with Crippen LogP contribution in [0.2, 0.25) is 0 Å². The molecule has 0 aliphatic carbocycles. The van der Waals surface area contributed by atoms with Crippen LogP contribution in [-0.4, -0.2) is 57.8 Å². The molecule has 0 bridgehead atoms. The van der Waals surface area contributed by atoms with Crippen LogP contribution in [0.5, 0.6) is 0 Å². The zero-order valence-corrected chi connectivity index (χ0v) is 20.8. The summed E-state index contributed by atoms with van der Waals surface area (Å²) in [4.78, 5) is 30.6. The Bertz CT molecular complexity index is 1400. The number of fused-ring (bicyclic) bond motifs is 1. The van der Waals surface area contributed by atoms with Crippen LogP contribution in [-0.2, 0) is 16.6 Å². The fourth-order valence-corrected chi connectivity index (χ4v) is 6.45. The van der Waals surface area contributed by atoms with E-state index in [9.17, 15) is 23.3 Å². The lowest BCUT2D eigenvalue weighted by Gasteiger charge is -2.42. The summed E-state index contributed by atoms with van der Waals surface area (Å²) >= 11 is 0. The fraction of sp³-hybridized carbons (Fsp3) is 0.417. The molecule has 2 atom stereocenters. The molecule has 35 heavy (non-hydrogen) atoms. The molecule has 2 heterocycles. The third-order valence-electron chi connectivity index (χ3n) is 6.58. The molecule has 2 unspecified atom stereocenters. The molecule has 1 aliphatic rings. The van der Waals surface area contributed by atoms with E-state index in [1.165, 1.54) is 28.6 Å². The van der Waals surface area contributed by atoms with E-state index in [1.54, 1.807) is 10.6 Å². The monoisotopic (exact) mass is 499 g/mol. The van der Waals surface area contributed by atoms with E-state index in [0.29, 0.717) is 42.8 Å². The van der Waals surface area contributed by atoms with Crippen molar-refractivity contribution in [2.45, 2.75) is 50.7 Å². The highest BCUT2D eigenvalue weighted by atomic mass is 32.2. The number of para-hydroxylation sites is 1. The molecule has 1 saturated heterocycles. The third-order valence-corrected chi connectivity index (χ3v) is 8.61. The largest absolute Gasteiger partial charge is 0.295 e. The summed E-state index contributed by atoms with van der Waals surface area (Å²) < 4.78 is 29.7. The van der Waals surface area contributed by atoms with Gasteiger partial charge < -0.3 is 0 Å². The van der Waals surface area contributed by atoms with Crippen LogP contribution in [0.15, 0.2) is 58.2 Å². The van der Waals surface area contributed by atoms with Crippen molar-refractivity contribution in [3.63, 3.8) is 0 Å². The minimum Gasteiger partial charge on any atom is -0.295 e. The molecule has 2 aromatic carbocycles. The van der Waals surface area contributed by atoms with Gasteiger partial charge in [0, 0.05) is 44.4 Å². The Kier molecular flexibility index (Phi) is 7.02. The average molecular weight is 500 g/mol. The van der Waals surface area contributed by atoms with E-state index in [-0.39, 0.29) is 34.8 Å². The van der Waals surface area contributed by atoms with Crippen LogP contribution in [0.4, 0.5) is 5.69 Å². The Morgan fingerprint density at radius 2 is 1.80 bits per heavy atom. The Hall–Kier alpha value is -3.15. The first-order valence-electron chi connectivity index (χ1n) is 11.7. The van der Waals surface area contributed by atoms with E-state index in [0.717, 1.165) is 0 Å². The Morgan fingerprint density at radius 1 is 1.11 bits per heavy atom. The molecule has 11 heteroatoms. The number of nitro benzene ring substituents is 1. The van der Waals surface area contributed by atoms with Gasteiger partial charge in [0.15, 0.2) is 0 Å². The van der Waals surface area contributed by atoms with Gasteiger partial charge in [0.05, 0.1) is 26.8 Å². The first-order valence-corrected chi connectivity index (χ1v) is 13.1. The molecule has 0 N–H and O–H groups in total. The lowest BCUT2D eigenvalue weighted by Crippen LogP contribution is -2.54. The average Bonchev–Trinajstić information content (AvgIpc) is 2.85. The van der Waals surface area contributed by atoms with Gasteiger partial charge in [0.1, 0.15) is 5.82 Å². The number of piperazine rings is 1. The molecule has 1 fully saturated rings. The zero-order chi connectivity index (χ0) is 25.3. The van der Waals surface area contributed by atoms with Crippen LogP contribution < -0.4 is 5.56 Å². The van der Waals surface area contributed by atoms with Crippen LogP contribution in [0.25, 0.3) is 10.9 Å². The van der Waals surface area contributed by atoms with Gasteiger partial charge in [-0.3, -0.25) is 24.4 Å².